The van der Waals surface area contributed by atoms with Crippen LogP contribution in [0.3, 0.4) is 0 Å². The molecule has 0 radical (unpaired) electrons. The normalized spacial score (nSPS) is 11.1. The number of unbranched alkanes of at least 4 members (excludes halogenated alkanes) is 4. The molecular formula is C18H35NO2. The van der Waals surface area contributed by atoms with Gasteiger partial charge >= 0.3 is 0 Å². The highest BCUT2D eigenvalue weighted by Crippen LogP contribution is 2.09. The first kappa shape index (κ1) is 20.1. The molecule has 0 saturated heterocycles. The number of rotatable bonds is 13. The van der Waals surface area contributed by atoms with Crippen LogP contribution in [-0.4, -0.2) is 18.2 Å². The van der Waals surface area contributed by atoms with Crippen molar-refractivity contribution in [2.45, 2.75) is 85.5 Å². The maximum Gasteiger partial charge on any atom is 0.219 e. The fraction of sp³-hybridized carbons (Fsp3) is 0.889. The summed E-state index contributed by atoms with van der Waals surface area (Å²) < 4.78 is 0. The van der Waals surface area contributed by atoms with E-state index in [1.165, 1.54) is 12.8 Å². The summed E-state index contributed by atoms with van der Waals surface area (Å²) in [6.45, 7) is 9.12. The fourth-order valence-electron chi connectivity index (χ4n) is 2.22. The molecule has 0 fully saturated rings. The number of hydrogen-bond donors (Lipinski definition) is 1. The van der Waals surface area contributed by atoms with Gasteiger partial charge in [0.05, 0.1) is 0 Å². The van der Waals surface area contributed by atoms with Crippen LogP contribution >= 0.6 is 0 Å². The van der Waals surface area contributed by atoms with Crippen LogP contribution in [0.4, 0.5) is 0 Å². The lowest BCUT2D eigenvalue weighted by Crippen LogP contribution is -2.24. The average Bonchev–Trinajstić information content (AvgIpc) is 2.41. The lowest BCUT2D eigenvalue weighted by Gasteiger charge is -2.07. The van der Waals surface area contributed by atoms with E-state index < -0.39 is 0 Å². The minimum absolute atomic E-state index is 0.153. The number of Topliss-reactive ketones (excluding diaryl/α,β-unsaturated/α-hetero) is 1. The molecule has 0 saturated carbocycles. The molecule has 0 atom stereocenters. The zero-order chi connectivity index (χ0) is 16.1. The van der Waals surface area contributed by atoms with Crippen LogP contribution in [-0.2, 0) is 9.59 Å². The van der Waals surface area contributed by atoms with Crippen LogP contribution in [0, 0.1) is 11.8 Å². The zero-order valence-electron chi connectivity index (χ0n) is 14.5. The van der Waals surface area contributed by atoms with Crippen LogP contribution in [0.1, 0.15) is 85.5 Å². The number of carbonyl (C=O) groups is 2. The molecule has 1 N–H and O–H groups in total. The summed E-state index contributed by atoms with van der Waals surface area (Å²) >= 11 is 0. The van der Waals surface area contributed by atoms with Crippen LogP contribution in [0.2, 0.25) is 0 Å². The molecule has 0 aromatic heterocycles. The van der Waals surface area contributed by atoms with Crippen molar-refractivity contribution in [1.82, 2.24) is 5.32 Å². The van der Waals surface area contributed by atoms with E-state index in [0.717, 1.165) is 44.6 Å². The third-order valence-electron chi connectivity index (χ3n) is 3.75. The zero-order valence-corrected chi connectivity index (χ0v) is 14.5. The molecule has 0 rings (SSSR count). The Labute approximate surface area is 131 Å². The monoisotopic (exact) mass is 297 g/mol. The lowest BCUT2D eigenvalue weighted by molar-refractivity contribution is -0.122. The van der Waals surface area contributed by atoms with Gasteiger partial charge < -0.3 is 5.32 Å². The second kappa shape index (κ2) is 12.8. The van der Waals surface area contributed by atoms with E-state index >= 15 is 0 Å². The summed E-state index contributed by atoms with van der Waals surface area (Å²) in [7, 11) is 0. The van der Waals surface area contributed by atoms with Crippen molar-refractivity contribution >= 4 is 11.7 Å². The number of ketones is 1. The van der Waals surface area contributed by atoms with Gasteiger partial charge in [0.25, 0.3) is 0 Å². The topological polar surface area (TPSA) is 46.2 Å². The molecule has 0 aromatic carbocycles. The van der Waals surface area contributed by atoms with Gasteiger partial charge in [0.15, 0.2) is 0 Å². The molecule has 0 bridgehead atoms. The Morgan fingerprint density at radius 3 is 2.05 bits per heavy atom. The summed E-state index contributed by atoms with van der Waals surface area (Å²) in [6, 6.07) is 0. The average molecular weight is 297 g/mol. The Hall–Kier alpha value is -0.860. The maximum atomic E-state index is 11.6. The molecule has 124 valence electrons. The molecule has 0 unspecified atom stereocenters. The van der Waals surface area contributed by atoms with Gasteiger partial charge in [0.2, 0.25) is 5.91 Å². The molecule has 0 spiro atoms. The van der Waals surface area contributed by atoms with E-state index in [4.69, 9.17) is 0 Å². The van der Waals surface area contributed by atoms with Crippen molar-refractivity contribution in [2.24, 2.45) is 11.8 Å². The highest BCUT2D eigenvalue weighted by molar-refractivity contribution is 5.80. The van der Waals surface area contributed by atoms with Crippen LogP contribution < -0.4 is 5.32 Å². The molecule has 0 aliphatic carbocycles. The minimum atomic E-state index is 0.153. The first-order valence-corrected chi connectivity index (χ1v) is 8.73. The van der Waals surface area contributed by atoms with Gasteiger partial charge in [-0.1, -0.05) is 53.4 Å². The van der Waals surface area contributed by atoms with Crippen LogP contribution in [0.15, 0.2) is 0 Å². The molecular weight excluding hydrogens is 262 g/mol. The van der Waals surface area contributed by atoms with E-state index in [0.29, 0.717) is 18.6 Å². The summed E-state index contributed by atoms with van der Waals surface area (Å²) in [5.41, 5.74) is 0. The molecule has 0 aliphatic rings. The van der Waals surface area contributed by atoms with E-state index in [1.807, 2.05) is 13.8 Å². The van der Waals surface area contributed by atoms with Crippen molar-refractivity contribution in [3.8, 4) is 0 Å². The number of amides is 1. The molecule has 3 heteroatoms. The van der Waals surface area contributed by atoms with E-state index in [9.17, 15) is 9.59 Å². The fourth-order valence-corrected chi connectivity index (χ4v) is 2.22. The van der Waals surface area contributed by atoms with E-state index in [2.05, 4.69) is 19.2 Å². The Morgan fingerprint density at radius 1 is 0.810 bits per heavy atom. The SMILES string of the molecule is CC(C)CCCCCC(=O)NCCCCCC(=O)C(C)C. The quantitative estimate of drug-likeness (QED) is 0.509. The first-order valence-electron chi connectivity index (χ1n) is 8.73. The van der Waals surface area contributed by atoms with Gasteiger partial charge in [-0.2, -0.15) is 0 Å². The molecule has 0 aliphatic heterocycles. The second-order valence-corrected chi connectivity index (χ2v) is 6.77. The van der Waals surface area contributed by atoms with Crippen LogP contribution in [0.25, 0.3) is 0 Å². The third-order valence-corrected chi connectivity index (χ3v) is 3.75. The summed E-state index contributed by atoms with van der Waals surface area (Å²) in [5, 5.41) is 2.97. The maximum absolute atomic E-state index is 11.6. The van der Waals surface area contributed by atoms with Crippen molar-refractivity contribution in [1.29, 1.82) is 0 Å². The Balaban J connectivity index is 3.32. The lowest BCUT2D eigenvalue weighted by atomic mass is 10.0. The Bertz CT molecular complexity index is 285. The number of hydrogen-bond acceptors (Lipinski definition) is 2. The third kappa shape index (κ3) is 13.9. The highest BCUT2D eigenvalue weighted by atomic mass is 16.1. The van der Waals surface area contributed by atoms with Crippen molar-refractivity contribution in [3.63, 3.8) is 0 Å². The predicted octanol–water partition coefficient (Wildman–Crippen LogP) is 4.49. The standard InChI is InChI=1S/C18H35NO2/c1-15(2)11-7-5-9-13-18(21)19-14-10-6-8-12-17(20)16(3)4/h15-16H,5-14H2,1-4H3,(H,19,21). The number of nitrogens with one attached hydrogen (secondary N) is 1. The van der Waals surface area contributed by atoms with Crippen molar-refractivity contribution in [2.75, 3.05) is 6.54 Å². The molecule has 0 heterocycles. The van der Waals surface area contributed by atoms with Crippen molar-refractivity contribution < 1.29 is 9.59 Å². The van der Waals surface area contributed by atoms with Gasteiger partial charge in [-0.25, -0.2) is 0 Å². The summed E-state index contributed by atoms with van der Waals surface area (Å²) in [5.74, 6) is 1.44. The summed E-state index contributed by atoms with van der Waals surface area (Å²) in [4.78, 5) is 23.0. The first-order chi connectivity index (χ1) is 9.93. The molecule has 0 aromatic rings. The number of carbonyl (C=O) groups excluding carboxylic acids is 2. The van der Waals surface area contributed by atoms with Gasteiger partial charge in [0, 0.05) is 25.3 Å². The largest absolute Gasteiger partial charge is 0.356 e. The van der Waals surface area contributed by atoms with Gasteiger partial charge in [0.1, 0.15) is 5.78 Å². The van der Waals surface area contributed by atoms with E-state index in [-0.39, 0.29) is 11.8 Å². The van der Waals surface area contributed by atoms with Gasteiger partial charge in [-0.15, -0.1) is 0 Å². The smallest absolute Gasteiger partial charge is 0.219 e. The molecule has 3 nitrogen and oxygen atoms in total. The van der Waals surface area contributed by atoms with Gasteiger partial charge in [-0.05, 0) is 25.2 Å². The Morgan fingerprint density at radius 2 is 1.43 bits per heavy atom. The predicted molar refractivity (Wildman–Crippen MR) is 89.2 cm³/mol. The molecule has 1 amide bonds. The Kier molecular flexibility index (Phi) is 12.3. The van der Waals surface area contributed by atoms with Crippen molar-refractivity contribution in [3.05, 3.63) is 0 Å². The molecule has 21 heavy (non-hydrogen) atoms. The second-order valence-electron chi connectivity index (χ2n) is 6.77. The van der Waals surface area contributed by atoms with Gasteiger partial charge in [-0.3, -0.25) is 9.59 Å². The van der Waals surface area contributed by atoms with E-state index in [1.54, 1.807) is 0 Å². The minimum Gasteiger partial charge on any atom is -0.356 e. The highest BCUT2D eigenvalue weighted by Gasteiger charge is 2.06. The summed E-state index contributed by atoms with van der Waals surface area (Å²) in [6.07, 6.45) is 8.93. The van der Waals surface area contributed by atoms with Crippen LogP contribution in [0.5, 0.6) is 0 Å².